The van der Waals surface area contributed by atoms with Gasteiger partial charge in [-0.1, -0.05) is 0 Å². The maximum Gasteiger partial charge on any atom is 0.224 e. The van der Waals surface area contributed by atoms with Crippen LogP contribution in [0.5, 0.6) is 5.88 Å². The molecule has 1 fully saturated rings. The zero-order valence-corrected chi connectivity index (χ0v) is 6.43. The molecule has 1 aromatic heterocycles. The summed E-state index contributed by atoms with van der Waals surface area (Å²) in [6.07, 6.45) is 4.19. The van der Waals surface area contributed by atoms with Crippen LogP contribution in [-0.4, -0.2) is 11.1 Å². The van der Waals surface area contributed by atoms with Crippen LogP contribution in [0.25, 0.3) is 0 Å². The van der Waals surface area contributed by atoms with E-state index in [1.807, 2.05) is 5.38 Å². The summed E-state index contributed by atoms with van der Waals surface area (Å²) in [5.74, 6) is 0.801. The fourth-order valence-corrected chi connectivity index (χ4v) is 1.38. The van der Waals surface area contributed by atoms with Crippen LogP contribution in [0.1, 0.15) is 19.3 Å². The Morgan fingerprint density at radius 3 is 3.00 bits per heavy atom. The van der Waals surface area contributed by atoms with E-state index >= 15 is 0 Å². The minimum atomic E-state index is 0.460. The number of ether oxygens (including phenoxy) is 1. The Kier molecular flexibility index (Phi) is 1.59. The lowest BCUT2D eigenvalue weighted by atomic mass is 9.96. The van der Waals surface area contributed by atoms with Crippen molar-refractivity contribution in [3.63, 3.8) is 0 Å². The van der Waals surface area contributed by atoms with Gasteiger partial charge < -0.3 is 4.74 Å². The number of nitrogens with zero attached hydrogens (tertiary/aromatic N) is 1. The van der Waals surface area contributed by atoms with Crippen LogP contribution in [0.15, 0.2) is 10.9 Å². The van der Waals surface area contributed by atoms with E-state index in [1.165, 1.54) is 19.3 Å². The van der Waals surface area contributed by atoms with Gasteiger partial charge in [0.15, 0.2) is 0 Å². The first-order valence-corrected chi connectivity index (χ1v) is 4.44. The molecule has 1 aliphatic rings. The molecule has 1 saturated carbocycles. The number of rotatable bonds is 2. The molecule has 0 saturated heterocycles. The summed E-state index contributed by atoms with van der Waals surface area (Å²) in [4.78, 5) is 4.03. The summed E-state index contributed by atoms with van der Waals surface area (Å²) in [6, 6.07) is 0. The lowest BCUT2D eigenvalue weighted by Gasteiger charge is -2.24. The average Bonchev–Trinajstić information content (AvgIpc) is 2.29. The van der Waals surface area contributed by atoms with Gasteiger partial charge in [-0.05, 0) is 19.3 Å². The van der Waals surface area contributed by atoms with E-state index in [2.05, 4.69) is 4.98 Å². The Labute approximate surface area is 63.9 Å². The molecule has 0 atom stereocenters. The molecular weight excluding hydrogens is 146 g/mol. The second-order valence-electron chi connectivity index (χ2n) is 2.50. The van der Waals surface area contributed by atoms with Gasteiger partial charge in [0.05, 0.1) is 10.9 Å². The largest absolute Gasteiger partial charge is 0.474 e. The first kappa shape index (κ1) is 6.16. The van der Waals surface area contributed by atoms with Crippen LogP contribution in [-0.2, 0) is 0 Å². The lowest BCUT2D eigenvalue weighted by molar-refractivity contribution is 0.115. The maximum atomic E-state index is 5.49. The van der Waals surface area contributed by atoms with Crippen molar-refractivity contribution in [1.29, 1.82) is 0 Å². The normalized spacial score (nSPS) is 18.4. The Morgan fingerprint density at radius 2 is 2.50 bits per heavy atom. The van der Waals surface area contributed by atoms with Crippen LogP contribution in [0, 0.1) is 0 Å². The van der Waals surface area contributed by atoms with Gasteiger partial charge >= 0.3 is 0 Å². The van der Waals surface area contributed by atoms with Crippen LogP contribution >= 0.6 is 11.3 Å². The summed E-state index contributed by atoms with van der Waals surface area (Å²) in [7, 11) is 0. The van der Waals surface area contributed by atoms with Crippen LogP contribution in [0.4, 0.5) is 0 Å². The van der Waals surface area contributed by atoms with Crippen molar-refractivity contribution in [2.75, 3.05) is 0 Å². The third kappa shape index (κ3) is 1.14. The molecule has 1 aliphatic carbocycles. The Bertz CT molecular complexity index is 193. The van der Waals surface area contributed by atoms with Crippen LogP contribution in [0.2, 0.25) is 0 Å². The van der Waals surface area contributed by atoms with Gasteiger partial charge in [0.2, 0.25) is 5.88 Å². The van der Waals surface area contributed by atoms with E-state index in [4.69, 9.17) is 4.74 Å². The number of hydrogen-bond donors (Lipinski definition) is 0. The highest BCUT2D eigenvalue weighted by Crippen LogP contribution is 2.24. The molecule has 0 radical (unpaired) electrons. The summed E-state index contributed by atoms with van der Waals surface area (Å²) in [5, 5.41) is 1.94. The second kappa shape index (κ2) is 2.58. The maximum absolute atomic E-state index is 5.49. The number of thiazole rings is 1. The second-order valence-corrected chi connectivity index (χ2v) is 3.22. The quantitative estimate of drug-likeness (QED) is 0.652. The van der Waals surface area contributed by atoms with Crippen molar-refractivity contribution in [2.45, 2.75) is 25.4 Å². The van der Waals surface area contributed by atoms with E-state index in [0.29, 0.717) is 6.10 Å². The monoisotopic (exact) mass is 155 g/mol. The Hall–Kier alpha value is -0.570. The summed E-state index contributed by atoms with van der Waals surface area (Å²) in [6.45, 7) is 0. The predicted molar refractivity (Wildman–Crippen MR) is 40.4 cm³/mol. The summed E-state index contributed by atoms with van der Waals surface area (Å²) < 4.78 is 5.49. The van der Waals surface area contributed by atoms with Gasteiger partial charge in [0.1, 0.15) is 6.10 Å². The first-order chi connectivity index (χ1) is 4.95. The van der Waals surface area contributed by atoms with Crippen LogP contribution < -0.4 is 4.74 Å². The van der Waals surface area contributed by atoms with E-state index in [-0.39, 0.29) is 0 Å². The van der Waals surface area contributed by atoms with Crippen molar-refractivity contribution < 1.29 is 4.74 Å². The highest BCUT2D eigenvalue weighted by atomic mass is 32.1. The Morgan fingerprint density at radius 1 is 1.60 bits per heavy atom. The third-order valence-electron chi connectivity index (χ3n) is 1.75. The molecule has 2 nitrogen and oxygen atoms in total. The van der Waals surface area contributed by atoms with Crippen molar-refractivity contribution in [2.24, 2.45) is 0 Å². The molecule has 0 amide bonds. The minimum absolute atomic E-state index is 0.460. The molecule has 1 aromatic rings. The summed E-state index contributed by atoms with van der Waals surface area (Å²) >= 11 is 1.58. The molecule has 1 heterocycles. The average molecular weight is 155 g/mol. The Balaban J connectivity index is 1.90. The van der Waals surface area contributed by atoms with E-state index in [1.54, 1.807) is 16.8 Å². The van der Waals surface area contributed by atoms with E-state index in [0.717, 1.165) is 5.88 Å². The van der Waals surface area contributed by atoms with E-state index in [9.17, 15) is 0 Å². The van der Waals surface area contributed by atoms with Gasteiger partial charge in [-0.3, -0.25) is 0 Å². The van der Waals surface area contributed by atoms with Gasteiger partial charge in [-0.2, -0.15) is 0 Å². The summed E-state index contributed by atoms with van der Waals surface area (Å²) in [5.41, 5.74) is 1.80. The van der Waals surface area contributed by atoms with Gasteiger partial charge in [0, 0.05) is 0 Å². The zero-order valence-electron chi connectivity index (χ0n) is 5.62. The first-order valence-electron chi connectivity index (χ1n) is 3.50. The lowest BCUT2D eigenvalue weighted by Crippen LogP contribution is -2.24. The fourth-order valence-electron chi connectivity index (χ4n) is 0.919. The minimum Gasteiger partial charge on any atom is -0.474 e. The zero-order chi connectivity index (χ0) is 6.81. The number of aromatic nitrogens is 1. The molecular formula is C7H9NOS. The van der Waals surface area contributed by atoms with Gasteiger partial charge in [-0.25, -0.2) is 4.98 Å². The van der Waals surface area contributed by atoms with Crippen molar-refractivity contribution in [1.82, 2.24) is 4.98 Å². The fraction of sp³-hybridized carbons (Fsp3) is 0.571. The molecule has 0 aromatic carbocycles. The van der Waals surface area contributed by atoms with E-state index < -0.39 is 0 Å². The molecule has 0 aliphatic heterocycles. The van der Waals surface area contributed by atoms with Crippen LogP contribution in [0.3, 0.4) is 0 Å². The standard InChI is InChI=1S/C7H9NOS/c1-2-6(3-1)9-7-4-10-5-8-7/h4-6H,1-3H2. The molecule has 3 heteroatoms. The SMILES string of the molecule is c1nc(OC2CCC2)cs1. The van der Waals surface area contributed by atoms with Crippen molar-refractivity contribution in [3.8, 4) is 5.88 Å². The highest BCUT2D eigenvalue weighted by Gasteiger charge is 2.19. The smallest absolute Gasteiger partial charge is 0.224 e. The molecule has 0 N–H and O–H groups in total. The molecule has 0 bridgehead atoms. The molecule has 2 rings (SSSR count). The van der Waals surface area contributed by atoms with Crippen molar-refractivity contribution >= 4 is 11.3 Å². The topological polar surface area (TPSA) is 22.1 Å². The highest BCUT2D eigenvalue weighted by molar-refractivity contribution is 7.07. The predicted octanol–water partition coefficient (Wildman–Crippen LogP) is 2.07. The molecule has 10 heavy (non-hydrogen) atoms. The van der Waals surface area contributed by atoms with Gasteiger partial charge in [0.25, 0.3) is 0 Å². The molecule has 0 spiro atoms. The van der Waals surface area contributed by atoms with Crippen molar-refractivity contribution in [3.05, 3.63) is 10.9 Å². The number of hydrogen-bond acceptors (Lipinski definition) is 3. The molecule has 0 unspecified atom stereocenters. The third-order valence-corrected chi connectivity index (χ3v) is 2.31. The molecule has 54 valence electrons. The van der Waals surface area contributed by atoms with Gasteiger partial charge in [-0.15, -0.1) is 11.3 Å².